The number of rotatable bonds is 7. The van der Waals surface area contributed by atoms with Crippen molar-refractivity contribution in [3.8, 4) is 5.75 Å². The van der Waals surface area contributed by atoms with Gasteiger partial charge in [0.05, 0.1) is 18.4 Å². The molecular formula is C24H32N4O4. The number of likely N-dealkylation sites (tertiary alicyclic amines) is 1. The Morgan fingerprint density at radius 1 is 1.31 bits per heavy atom. The van der Waals surface area contributed by atoms with Crippen LogP contribution >= 0.6 is 0 Å². The fraction of sp³-hybridized carbons (Fsp3) is 0.583. The highest BCUT2D eigenvalue weighted by Gasteiger charge is 2.58. The summed E-state index contributed by atoms with van der Waals surface area (Å²) in [7, 11) is 0. The van der Waals surface area contributed by atoms with Crippen molar-refractivity contribution in [1.82, 2.24) is 20.4 Å². The Kier molecular flexibility index (Phi) is 6.22. The van der Waals surface area contributed by atoms with Crippen LogP contribution in [0.1, 0.15) is 50.9 Å². The van der Waals surface area contributed by atoms with Crippen LogP contribution in [-0.4, -0.2) is 52.6 Å². The molecule has 3 atom stereocenters. The summed E-state index contributed by atoms with van der Waals surface area (Å²) in [6, 6.07) is 7.63. The van der Waals surface area contributed by atoms with Crippen LogP contribution in [0, 0.1) is 18.8 Å². The number of hydrogen-bond acceptors (Lipinski definition) is 6. The lowest BCUT2D eigenvalue weighted by Gasteiger charge is -2.26. The Morgan fingerprint density at radius 2 is 2.06 bits per heavy atom. The number of carbonyl (C=O) groups is 2. The number of nitrogens with zero attached hydrogens (tertiary/aromatic N) is 3. The van der Waals surface area contributed by atoms with Crippen LogP contribution in [0.3, 0.4) is 0 Å². The van der Waals surface area contributed by atoms with Gasteiger partial charge in [-0.15, -0.1) is 0 Å². The van der Waals surface area contributed by atoms with Gasteiger partial charge in [0, 0.05) is 25.0 Å². The number of aryl methyl sites for hydroxylation is 1. The molecule has 0 unspecified atom stereocenters. The third-order valence-corrected chi connectivity index (χ3v) is 6.60. The predicted molar refractivity (Wildman–Crippen MR) is 118 cm³/mol. The Morgan fingerprint density at radius 3 is 2.69 bits per heavy atom. The molecule has 8 nitrogen and oxygen atoms in total. The smallest absolute Gasteiger partial charge is 0.235 e. The number of fused-ring (bicyclic) bond motifs is 1. The van der Waals surface area contributed by atoms with Crippen LogP contribution in [0.25, 0.3) is 0 Å². The zero-order valence-electron chi connectivity index (χ0n) is 19.3. The summed E-state index contributed by atoms with van der Waals surface area (Å²) in [6.45, 7) is 9.41. The molecular weight excluding hydrogens is 408 g/mol. The fourth-order valence-corrected chi connectivity index (χ4v) is 5.18. The average Bonchev–Trinajstić information content (AvgIpc) is 3.41. The number of amides is 2. The van der Waals surface area contributed by atoms with E-state index in [9.17, 15) is 9.59 Å². The lowest BCUT2D eigenvalue weighted by molar-refractivity contribution is -0.134. The monoisotopic (exact) mass is 440 g/mol. The molecule has 1 saturated heterocycles. The molecule has 2 aromatic rings. The first-order chi connectivity index (χ1) is 15.3. The number of aromatic nitrogens is 2. The Labute approximate surface area is 188 Å². The van der Waals surface area contributed by atoms with Crippen molar-refractivity contribution in [2.45, 2.75) is 58.4 Å². The maximum absolute atomic E-state index is 12.7. The summed E-state index contributed by atoms with van der Waals surface area (Å²) < 4.78 is 11.1. The van der Waals surface area contributed by atoms with E-state index in [1.54, 1.807) is 6.92 Å². The number of hydrogen-bond donors (Lipinski definition) is 1. The third-order valence-electron chi connectivity index (χ3n) is 6.60. The van der Waals surface area contributed by atoms with Gasteiger partial charge in [-0.25, -0.2) is 0 Å². The topological polar surface area (TPSA) is 97.6 Å². The van der Waals surface area contributed by atoms with Crippen LogP contribution in [-0.2, 0) is 21.4 Å². The van der Waals surface area contributed by atoms with Crippen molar-refractivity contribution in [1.29, 1.82) is 0 Å². The minimum atomic E-state index is -0.400. The third kappa shape index (κ3) is 4.36. The van der Waals surface area contributed by atoms with Crippen molar-refractivity contribution in [2.24, 2.45) is 11.8 Å². The molecule has 0 radical (unpaired) electrons. The molecule has 1 N–H and O–H groups in total. The first kappa shape index (κ1) is 22.3. The maximum Gasteiger partial charge on any atom is 0.235 e. The highest BCUT2D eigenvalue weighted by molar-refractivity contribution is 5.79. The van der Waals surface area contributed by atoms with E-state index in [1.807, 2.05) is 49.9 Å². The van der Waals surface area contributed by atoms with Gasteiger partial charge >= 0.3 is 0 Å². The molecule has 32 heavy (non-hydrogen) atoms. The number of carbonyl (C=O) groups excluding carboxylic acids is 2. The molecule has 2 aliphatic rings. The van der Waals surface area contributed by atoms with E-state index in [-0.39, 0.29) is 29.7 Å². The summed E-state index contributed by atoms with van der Waals surface area (Å²) in [5.74, 6) is 2.24. The number of ether oxygens (including phenoxy) is 1. The van der Waals surface area contributed by atoms with Gasteiger partial charge in [0.2, 0.25) is 17.7 Å². The Bertz CT molecular complexity index is 971. The van der Waals surface area contributed by atoms with E-state index in [4.69, 9.17) is 9.26 Å². The minimum Gasteiger partial charge on any atom is -0.494 e. The average molecular weight is 441 g/mol. The van der Waals surface area contributed by atoms with Crippen molar-refractivity contribution in [3.05, 3.63) is 41.5 Å². The Hall–Kier alpha value is -2.90. The largest absolute Gasteiger partial charge is 0.494 e. The second kappa shape index (κ2) is 8.92. The molecule has 172 valence electrons. The van der Waals surface area contributed by atoms with E-state index in [0.717, 1.165) is 17.7 Å². The molecule has 1 aromatic carbocycles. The van der Waals surface area contributed by atoms with E-state index < -0.39 is 5.41 Å². The number of benzene rings is 1. The SMILES string of the molecule is CCOc1ccc(CC(=O)N[C@@H]2C[C@H]3CN(C(=O)C(C)C)C[C@@]3(c3nc(C)no3)C2)cc1. The summed E-state index contributed by atoms with van der Waals surface area (Å²) in [5.41, 5.74) is 0.545. The van der Waals surface area contributed by atoms with Crippen LogP contribution in [0.5, 0.6) is 5.75 Å². The van der Waals surface area contributed by atoms with Gasteiger partial charge in [0.25, 0.3) is 0 Å². The highest BCUT2D eigenvalue weighted by Crippen LogP contribution is 2.50. The van der Waals surface area contributed by atoms with Gasteiger partial charge in [-0.3, -0.25) is 9.59 Å². The van der Waals surface area contributed by atoms with Crippen molar-refractivity contribution in [3.63, 3.8) is 0 Å². The van der Waals surface area contributed by atoms with E-state index in [0.29, 0.717) is 44.3 Å². The quantitative estimate of drug-likeness (QED) is 0.711. The molecule has 1 saturated carbocycles. The standard InChI is InChI=1S/C24H32N4O4/c1-5-31-20-8-6-17(7-9-20)10-21(29)26-19-11-18-13-28(22(30)15(2)3)14-24(18,12-19)23-25-16(4)27-32-23/h6-9,15,18-19H,5,10-14H2,1-4H3,(H,26,29)/t18-,19+,24-/m0/s1. The van der Waals surface area contributed by atoms with Gasteiger partial charge in [0.1, 0.15) is 5.75 Å². The molecule has 4 rings (SSSR count). The van der Waals surface area contributed by atoms with Crippen LogP contribution < -0.4 is 10.1 Å². The van der Waals surface area contributed by atoms with Crippen molar-refractivity contribution >= 4 is 11.8 Å². The fourth-order valence-electron chi connectivity index (χ4n) is 5.18. The second-order valence-corrected chi connectivity index (χ2v) is 9.33. The van der Waals surface area contributed by atoms with Crippen LogP contribution in [0.2, 0.25) is 0 Å². The van der Waals surface area contributed by atoms with Gasteiger partial charge in [-0.1, -0.05) is 31.1 Å². The molecule has 0 spiro atoms. The predicted octanol–water partition coefficient (Wildman–Crippen LogP) is 2.65. The Balaban J connectivity index is 1.44. The van der Waals surface area contributed by atoms with Gasteiger partial charge in [0.15, 0.2) is 5.82 Å². The molecule has 2 fully saturated rings. The molecule has 0 bridgehead atoms. The lowest BCUT2D eigenvalue weighted by atomic mass is 9.80. The molecule has 8 heteroatoms. The minimum absolute atomic E-state index is 0.00824. The van der Waals surface area contributed by atoms with Crippen molar-refractivity contribution in [2.75, 3.05) is 19.7 Å². The molecule has 1 aliphatic carbocycles. The van der Waals surface area contributed by atoms with Gasteiger partial charge < -0.3 is 19.5 Å². The maximum atomic E-state index is 12.7. The highest BCUT2D eigenvalue weighted by atomic mass is 16.5. The van der Waals surface area contributed by atoms with E-state index >= 15 is 0 Å². The zero-order valence-corrected chi connectivity index (χ0v) is 19.3. The second-order valence-electron chi connectivity index (χ2n) is 9.33. The van der Waals surface area contributed by atoms with Crippen LogP contribution in [0.15, 0.2) is 28.8 Å². The molecule has 2 amide bonds. The first-order valence-electron chi connectivity index (χ1n) is 11.4. The van der Waals surface area contributed by atoms with Crippen LogP contribution in [0.4, 0.5) is 0 Å². The first-order valence-corrected chi connectivity index (χ1v) is 11.4. The summed E-state index contributed by atoms with van der Waals surface area (Å²) >= 11 is 0. The van der Waals surface area contributed by atoms with Gasteiger partial charge in [-0.2, -0.15) is 4.98 Å². The molecule has 1 aromatic heterocycles. The normalized spacial score (nSPS) is 24.6. The lowest BCUT2D eigenvalue weighted by Crippen LogP contribution is -2.40. The number of nitrogens with one attached hydrogen (secondary N) is 1. The van der Waals surface area contributed by atoms with Gasteiger partial charge in [-0.05, 0) is 50.3 Å². The van der Waals surface area contributed by atoms with E-state index in [2.05, 4.69) is 15.5 Å². The molecule has 2 heterocycles. The van der Waals surface area contributed by atoms with Crippen molar-refractivity contribution < 1.29 is 18.8 Å². The summed E-state index contributed by atoms with van der Waals surface area (Å²) in [6.07, 6.45) is 1.80. The molecule has 1 aliphatic heterocycles. The zero-order chi connectivity index (χ0) is 22.9. The summed E-state index contributed by atoms with van der Waals surface area (Å²) in [5, 5.41) is 7.20. The van der Waals surface area contributed by atoms with E-state index in [1.165, 1.54) is 0 Å². The summed E-state index contributed by atoms with van der Waals surface area (Å²) in [4.78, 5) is 31.9.